The summed E-state index contributed by atoms with van der Waals surface area (Å²) >= 11 is 26.8. The zero-order chi connectivity index (χ0) is 23.7. The van der Waals surface area contributed by atoms with Crippen LogP contribution in [0.1, 0.15) is 37.4 Å². The first-order valence-corrected chi connectivity index (χ1v) is 19.6. The Morgan fingerprint density at radius 3 is 1.09 bits per heavy atom. The van der Waals surface area contributed by atoms with E-state index in [0.29, 0.717) is 0 Å². The smallest absolute Gasteiger partial charge is 0.0856 e. The molecular weight excluding hydrogens is 745 g/mol. The highest BCUT2D eigenvalue weighted by atomic mass is 79.9. The SMILES string of the molecule is CC1=C(C)SC(=C2Sc3c(Br)sc(/C=C/c4sc(Br)c5c4SC(=C4SC(C)=C(C)S4)S5)c3S2)S1. The minimum absolute atomic E-state index is 1.24. The molecule has 6 heterocycles. The summed E-state index contributed by atoms with van der Waals surface area (Å²) in [5, 5.41) is 0. The van der Waals surface area contributed by atoms with Crippen molar-refractivity contribution in [3.05, 3.63) is 53.9 Å². The Labute approximate surface area is 258 Å². The summed E-state index contributed by atoms with van der Waals surface area (Å²) in [6.07, 6.45) is 4.64. The molecule has 176 valence electrons. The first-order valence-electron chi connectivity index (χ1n) is 9.87. The highest BCUT2D eigenvalue weighted by Crippen LogP contribution is 2.66. The Balaban J connectivity index is 1.26. The van der Waals surface area contributed by atoms with Crippen LogP contribution in [0.3, 0.4) is 0 Å². The maximum absolute atomic E-state index is 3.84. The average Bonchev–Trinajstić information content (AvgIpc) is 3.60. The Bertz CT molecular complexity index is 1280. The molecule has 0 atom stereocenters. The van der Waals surface area contributed by atoms with Gasteiger partial charge in [-0.05, 0) is 91.3 Å². The lowest BCUT2D eigenvalue weighted by Crippen LogP contribution is -1.70. The van der Waals surface area contributed by atoms with Crippen molar-refractivity contribution in [3.8, 4) is 0 Å². The normalized spacial score (nSPS) is 20.3. The van der Waals surface area contributed by atoms with E-state index >= 15 is 0 Å². The summed E-state index contributed by atoms with van der Waals surface area (Å²) in [4.78, 5) is 14.0. The number of halogens is 2. The highest BCUT2D eigenvalue weighted by molar-refractivity contribution is 9.11. The van der Waals surface area contributed by atoms with Crippen molar-refractivity contribution in [1.82, 2.24) is 0 Å². The molecule has 0 nitrogen and oxygen atoms in total. The topological polar surface area (TPSA) is 0 Å². The van der Waals surface area contributed by atoms with Crippen molar-refractivity contribution >= 4 is 161 Å². The molecule has 12 heteroatoms. The van der Waals surface area contributed by atoms with Crippen LogP contribution in [0, 0.1) is 0 Å². The maximum atomic E-state index is 3.84. The largest absolute Gasteiger partial charge is 0.126 e. The monoisotopic (exact) mass is 756 g/mol. The molecule has 4 aliphatic heterocycles. The van der Waals surface area contributed by atoms with Crippen LogP contribution < -0.4 is 0 Å². The molecule has 0 amide bonds. The molecule has 0 bridgehead atoms. The van der Waals surface area contributed by atoms with Gasteiger partial charge in [0.2, 0.25) is 0 Å². The minimum Gasteiger partial charge on any atom is -0.126 e. The molecule has 0 aliphatic carbocycles. The van der Waals surface area contributed by atoms with E-state index in [9.17, 15) is 0 Å². The number of thioether (sulfide) groups is 8. The third kappa shape index (κ3) is 4.85. The predicted molar refractivity (Wildman–Crippen MR) is 178 cm³/mol. The second kappa shape index (κ2) is 10.4. The molecule has 0 unspecified atom stereocenters. The lowest BCUT2D eigenvalue weighted by Gasteiger charge is -2.02. The van der Waals surface area contributed by atoms with Crippen LogP contribution in [-0.4, -0.2) is 0 Å². The molecule has 0 N–H and O–H groups in total. The second-order valence-corrected chi connectivity index (χ2v) is 22.1. The average molecular weight is 759 g/mol. The lowest BCUT2D eigenvalue weighted by molar-refractivity contribution is 1.32. The van der Waals surface area contributed by atoms with Gasteiger partial charge >= 0.3 is 0 Å². The van der Waals surface area contributed by atoms with E-state index in [4.69, 9.17) is 0 Å². The van der Waals surface area contributed by atoms with Crippen molar-refractivity contribution < 1.29 is 0 Å². The molecule has 0 aromatic carbocycles. The van der Waals surface area contributed by atoms with E-state index < -0.39 is 0 Å². The van der Waals surface area contributed by atoms with Gasteiger partial charge in [0.25, 0.3) is 0 Å². The molecule has 2 aromatic rings. The van der Waals surface area contributed by atoms with Crippen LogP contribution in [0.5, 0.6) is 0 Å². The molecule has 4 aliphatic rings. The fraction of sp³-hybridized carbons (Fsp3) is 0.182. The van der Waals surface area contributed by atoms with E-state index in [1.165, 1.54) is 73.5 Å². The first-order chi connectivity index (χ1) is 16.3. The Morgan fingerprint density at radius 1 is 0.441 bits per heavy atom. The quantitative estimate of drug-likeness (QED) is 0.293. The van der Waals surface area contributed by atoms with Gasteiger partial charge in [-0.2, -0.15) is 0 Å². The van der Waals surface area contributed by atoms with Gasteiger partial charge < -0.3 is 0 Å². The summed E-state index contributed by atoms with van der Waals surface area (Å²) in [7, 11) is 0. The fourth-order valence-corrected chi connectivity index (χ4v) is 18.6. The van der Waals surface area contributed by atoms with Crippen molar-refractivity contribution in [1.29, 1.82) is 0 Å². The Morgan fingerprint density at radius 2 is 0.735 bits per heavy atom. The van der Waals surface area contributed by atoms with Crippen LogP contribution in [0.25, 0.3) is 12.2 Å². The van der Waals surface area contributed by atoms with Gasteiger partial charge in [0.1, 0.15) is 0 Å². The van der Waals surface area contributed by atoms with Crippen LogP contribution in [0.2, 0.25) is 0 Å². The molecule has 0 saturated heterocycles. The number of hydrogen-bond donors (Lipinski definition) is 0. The predicted octanol–water partition coefficient (Wildman–Crippen LogP) is 13.6. The van der Waals surface area contributed by atoms with Gasteiger partial charge in [0.15, 0.2) is 0 Å². The third-order valence-corrected chi connectivity index (χ3v) is 21.4. The highest BCUT2D eigenvalue weighted by Gasteiger charge is 2.32. The number of hydrogen-bond acceptors (Lipinski definition) is 10. The fourth-order valence-electron chi connectivity index (χ4n) is 3.15. The molecule has 0 saturated carbocycles. The van der Waals surface area contributed by atoms with E-state index in [2.05, 4.69) is 71.7 Å². The van der Waals surface area contributed by atoms with E-state index in [0.717, 1.165) is 0 Å². The van der Waals surface area contributed by atoms with Crippen LogP contribution in [0.15, 0.2) is 63.7 Å². The Kier molecular flexibility index (Phi) is 8.02. The van der Waals surface area contributed by atoms with Crippen molar-refractivity contribution in [2.75, 3.05) is 0 Å². The number of fused-ring (bicyclic) bond motifs is 2. The van der Waals surface area contributed by atoms with E-state index in [1.807, 2.05) is 117 Å². The van der Waals surface area contributed by atoms with Gasteiger partial charge in [-0.1, -0.05) is 94.1 Å². The zero-order valence-electron chi connectivity index (χ0n) is 18.0. The first kappa shape index (κ1) is 26.1. The number of allylic oxidation sites excluding steroid dienone is 4. The maximum Gasteiger partial charge on any atom is 0.0856 e. The van der Waals surface area contributed by atoms with Crippen molar-refractivity contribution in [2.45, 2.75) is 47.3 Å². The van der Waals surface area contributed by atoms with Crippen molar-refractivity contribution in [3.63, 3.8) is 0 Å². The Hall–Kier alpha value is 1.86. The van der Waals surface area contributed by atoms with Crippen LogP contribution in [-0.2, 0) is 0 Å². The van der Waals surface area contributed by atoms with E-state index in [1.54, 1.807) is 0 Å². The zero-order valence-corrected chi connectivity index (χ0v) is 29.3. The standard InChI is InChI=1S/C22H14Br2S10/c1-7-8(2)26-19(25-7)21-31-13-11(29-17(23)15(13)33-21)5-6-12-14-16(18(24)30-12)34-22(32-14)20-27-9(3)10(4)28-20/h5-6H,1-4H3/b6-5+. The third-order valence-electron chi connectivity index (χ3n) is 5.09. The van der Waals surface area contributed by atoms with Crippen LogP contribution >= 0.6 is 149 Å². The summed E-state index contributed by atoms with van der Waals surface area (Å²) in [5.41, 5.74) is 0. The molecule has 34 heavy (non-hydrogen) atoms. The molecule has 0 spiro atoms. The van der Waals surface area contributed by atoms with Gasteiger partial charge in [-0.15, -0.1) is 22.7 Å². The summed E-state index contributed by atoms with van der Waals surface area (Å²) < 4.78 is 8.20. The number of thiophene rings is 2. The van der Waals surface area contributed by atoms with Gasteiger partial charge in [-0.25, -0.2) is 0 Å². The molecule has 6 rings (SSSR count). The second-order valence-electron chi connectivity index (χ2n) is 7.32. The molecular formula is C22H14Br2S10. The molecule has 0 fully saturated rings. The number of rotatable bonds is 2. The van der Waals surface area contributed by atoms with E-state index in [-0.39, 0.29) is 0 Å². The molecule has 2 aromatic heterocycles. The van der Waals surface area contributed by atoms with Crippen LogP contribution in [0.4, 0.5) is 0 Å². The lowest BCUT2D eigenvalue weighted by atomic mass is 10.3. The van der Waals surface area contributed by atoms with Gasteiger partial charge in [-0.3, -0.25) is 0 Å². The van der Waals surface area contributed by atoms with Gasteiger partial charge in [0.05, 0.1) is 34.3 Å². The molecule has 0 radical (unpaired) electrons. The minimum atomic E-state index is 1.24. The van der Waals surface area contributed by atoms with Crippen molar-refractivity contribution in [2.24, 2.45) is 0 Å². The van der Waals surface area contributed by atoms with Gasteiger partial charge in [0, 0.05) is 19.5 Å². The summed E-state index contributed by atoms with van der Waals surface area (Å²) in [6, 6.07) is 0. The summed E-state index contributed by atoms with van der Waals surface area (Å²) in [6.45, 7) is 8.90. The summed E-state index contributed by atoms with van der Waals surface area (Å²) in [5.74, 6) is 0.